The van der Waals surface area contributed by atoms with E-state index in [9.17, 15) is 61.0 Å². The van der Waals surface area contributed by atoms with Gasteiger partial charge >= 0.3 is 0 Å². The lowest BCUT2D eigenvalue weighted by molar-refractivity contribution is -0.333. The Hall–Kier alpha value is -0.970. The van der Waals surface area contributed by atoms with Crippen LogP contribution in [0.3, 0.4) is 0 Å². The maximum atomic E-state index is 12.5. The normalized spacial score (nSPS) is 38.3. The second kappa shape index (κ2) is 16.2. The summed E-state index contributed by atoms with van der Waals surface area (Å²) in [6.07, 6.45) is -24.7. The van der Waals surface area contributed by atoms with Crippen LogP contribution in [0.1, 0.15) is 20.8 Å². The lowest BCUT2D eigenvalue weighted by Gasteiger charge is -2.42. The van der Waals surface area contributed by atoms with Gasteiger partial charge in [-0.05, 0) is 20.0 Å². The van der Waals surface area contributed by atoms with Crippen LogP contribution in [0.2, 0.25) is 0 Å². The van der Waals surface area contributed by atoms with Gasteiger partial charge in [-0.1, -0.05) is 13.8 Å². The summed E-state index contributed by atoms with van der Waals surface area (Å²) in [6, 6.07) is -0.781. The zero-order chi connectivity index (χ0) is 31.2. The first kappa shape index (κ1) is 36.2. The van der Waals surface area contributed by atoms with Crippen molar-refractivity contribution < 1.29 is 79.9 Å². The summed E-state index contributed by atoms with van der Waals surface area (Å²) < 4.78 is 21.1. The monoisotopic (exact) mass is 603 g/mol. The van der Waals surface area contributed by atoms with Crippen molar-refractivity contribution in [2.75, 3.05) is 32.9 Å². The number of likely N-dealkylation sites (N-methyl/N-ethyl adjacent to an activating group) is 1. The van der Waals surface area contributed by atoms with E-state index in [1.54, 1.807) is 18.7 Å². The smallest absolute Gasteiger partial charge is 0.186 e. The average molecular weight is 604 g/mol. The molecule has 0 saturated carbocycles. The Balaban J connectivity index is 1.96. The van der Waals surface area contributed by atoms with Crippen molar-refractivity contribution in [3.8, 4) is 0 Å². The van der Waals surface area contributed by atoms with E-state index >= 15 is 0 Å². The van der Waals surface area contributed by atoms with E-state index in [0.717, 1.165) is 0 Å². The molecule has 0 aromatic heterocycles. The summed E-state index contributed by atoms with van der Waals surface area (Å²) in [4.78, 5) is 14.2. The van der Waals surface area contributed by atoms with Crippen LogP contribution in [-0.4, -0.2) is 192 Å². The third-order valence-electron chi connectivity index (χ3n) is 7.50. The van der Waals surface area contributed by atoms with Gasteiger partial charge in [-0.3, -0.25) is 9.69 Å². The van der Waals surface area contributed by atoms with E-state index in [0.29, 0.717) is 13.1 Å². The first-order valence-corrected chi connectivity index (χ1v) is 13.4. The molecule has 242 valence electrons. The molecule has 2 rings (SSSR count). The van der Waals surface area contributed by atoms with Crippen LogP contribution in [0.5, 0.6) is 0 Å². The van der Waals surface area contributed by atoms with Gasteiger partial charge in [0.15, 0.2) is 18.4 Å². The van der Waals surface area contributed by atoms with E-state index in [-0.39, 0.29) is 0 Å². The number of carbonyl (C=O) groups excluding carboxylic acids is 1. The maximum absolute atomic E-state index is 12.5. The van der Waals surface area contributed by atoms with Gasteiger partial charge in [0.25, 0.3) is 0 Å². The Kier molecular flexibility index (Phi) is 14.3. The lowest BCUT2D eigenvalue weighted by atomic mass is 9.96. The molecule has 2 aliphatic rings. The van der Waals surface area contributed by atoms with Crippen molar-refractivity contribution in [2.24, 2.45) is 0 Å². The fourth-order valence-corrected chi connectivity index (χ4v) is 4.66. The minimum atomic E-state index is -2.09. The Bertz CT molecular complexity index is 789. The zero-order valence-corrected chi connectivity index (χ0v) is 23.1. The Morgan fingerprint density at radius 1 is 0.756 bits per heavy atom. The van der Waals surface area contributed by atoms with Gasteiger partial charge in [-0.2, -0.15) is 0 Å². The van der Waals surface area contributed by atoms with E-state index in [1.807, 2.05) is 0 Å². The molecular formula is C24H45NO16. The molecule has 0 radical (unpaired) electrons. The van der Waals surface area contributed by atoms with Crippen molar-refractivity contribution in [3.63, 3.8) is 0 Å². The van der Waals surface area contributed by atoms with Gasteiger partial charge in [0.1, 0.15) is 73.2 Å². The third kappa shape index (κ3) is 8.57. The van der Waals surface area contributed by atoms with Gasteiger partial charge in [0, 0.05) is 0 Å². The highest BCUT2D eigenvalue weighted by atomic mass is 16.7. The Morgan fingerprint density at radius 2 is 1.24 bits per heavy atom. The molecule has 2 saturated heterocycles. The molecule has 2 fully saturated rings. The lowest BCUT2D eigenvalue weighted by Crippen LogP contribution is -2.62. The number of Topliss-reactive ketones (excluding diaryl/α,β-unsaturated/α-hetero) is 1. The number of nitrogens with zero attached hydrogens (tertiary/aromatic N) is 1. The highest BCUT2D eigenvalue weighted by Gasteiger charge is 2.48. The summed E-state index contributed by atoms with van der Waals surface area (Å²) in [5, 5.41) is 111. The van der Waals surface area contributed by atoms with Crippen LogP contribution < -0.4 is 0 Å². The largest absolute Gasteiger partial charge is 0.394 e. The molecule has 17 heteroatoms. The minimum Gasteiger partial charge on any atom is -0.394 e. The molecule has 15 atom stereocenters. The number of aliphatic hydroxyl groups is 11. The third-order valence-corrected chi connectivity index (χ3v) is 7.50. The van der Waals surface area contributed by atoms with Gasteiger partial charge < -0.3 is 75.1 Å². The molecule has 0 aliphatic carbocycles. The fourth-order valence-electron chi connectivity index (χ4n) is 4.66. The van der Waals surface area contributed by atoms with Crippen LogP contribution in [0.25, 0.3) is 0 Å². The standard InChI is InChI=1S/C24H45NO16/c1-4-25(5-2)9(3)13(28)17(32)18(33)14(29)10(27)7-38-23-22(37)20(35)16(31)12(41-23)8-39-24-21(36)19(34)15(30)11(6-26)40-24/h9-12,14-24,26-27,29-37H,4-8H2,1-3H3/t9?,10-,11-,12-,14-,15-,16-,17+,18+,19+,20+,21-,22-,23+,24+/m1/s1. The topological polar surface area (TPSA) is 280 Å². The van der Waals surface area contributed by atoms with Gasteiger partial charge in [0.05, 0.1) is 25.9 Å². The quantitative estimate of drug-likeness (QED) is 0.0829. The molecular weight excluding hydrogens is 558 g/mol. The van der Waals surface area contributed by atoms with Crippen molar-refractivity contribution in [2.45, 2.75) is 113 Å². The molecule has 2 aliphatic heterocycles. The summed E-state index contributed by atoms with van der Waals surface area (Å²) in [5.41, 5.74) is 0. The van der Waals surface area contributed by atoms with E-state index in [2.05, 4.69) is 0 Å². The number of hydrogen-bond donors (Lipinski definition) is 11. The Morgan fingerprint density at radius 3 is 1.76 bits per heavy atom. The second-order valence-electron chi connectivity index (χ2n) is 10.2. The second-order valence-corrected chi connectivity index (χ2v) is 10.2. The number of hydrogen-bond acceptors (Lipinski definition) is 17. The van der Waals surface area contributed by atoms with Crippen LogP contribution in [-0.2, 0) is 23.7 Å². The summed E-state index contributed by atoms with van der Waals surface area (Å²) >= 11 is 0. The number of ketones is 1. The van der Waals surface area contributed by atoms with E-state index < -0.39 is 117 Å². The van der Waals surface area contributed by atoms with E-state index in [4.69, 9.17) is 18.9 Å². The van der Waals surface area contributed by atoms with Gasteiger partial charge in [0.2, 0.25) is 0 Å². The molecule has 0 aromatic rings. The molecule has 1 unspecified atom stereocenters. The SMILES string of the molecule is CCN(CC)C(C)C(=O)[C@H](O)[C@@H](O)[C@H](O)[C@H](O)CO[C@H]1O[C@H](CO[C@H]2O[C@H](CO)[C@@H](O)[C@H](O)[C@H]2O)[C@@H](O)[C@H](O)[C@H]1O. The van der Waals surface area contributed by atoms with Crippen molar-refractivity contribution in [1.29, 1.82) is 0 Å². The van der Waals surface area contributed by atoms with Gasteiger partial charge in [-0.25, -0.2) is 0 Å². The van der Waals surface area contributed by atoms with Crippen LogP contribution in [0.15, 0.2) is 0 Å². The molecule has 17 nitrogen and oxygen atoms in total. The fraction of sp³-hybridized carbons (Fsp3) is 0.958. The average Bonchev–Trinajstić information content (AvgIpc) is 2.97. The number of rotatable bonds is 15. The van der Waals surface area contributed by atoms with Crippen molar-refractivity contribution in [3.05, 3.63) is 0 Å². The predicted octanol–water partition coefficient (Wildman–Crippen LogP) is -6.63. The molecule has 0 aromatic carbocycles. The molecule has 2 heterocycles. The summed E-state index contributed by atoms with van der Waals surface area (Å²) in [7, 11) is 0. The van der Waals surface area contributed by atoms with Gasteiger partial charge in [-0.15, -0.1) is 0 Å². The highest BCUT2D eigenvalue weighted by molar-refractivity contribution is 5.88. The summed E-state index contributed by atoms with van der Waals surface area (Å²) in [6.45, 7) is 3.96. The first-order chi connectivity index (χ1) is 19.2. The van der Waals surface area contributed by atoms with Crippen molar-refractivity contribution in [1.82, 2.24) is 4.90 Å². The highest BCUT2D eigenvalue weighted by Crippen LogP contribution is 2.26. The predicted molar refractivity (Wildman–Crippen MR) is 134 cm³/mol. The first-order valence-electron chi connectivity index (χ1n) is 13.4. The van der Waals surface area contributed by atoms with Crippen LogP contribution >= 0.6 is 0 Å². The molecule has 0 spiro atoms. The number of aliphatic hydroxyl groups excluding tert-OH is 11. The molecule has 0 amide bonds. The molecule has 0 bridgehead atoms. The number of ether oxygens (including phenoxy) is 4. The molecule has 41 heavy (non-hydrogen) atoms. The summed E-state index contributed by atoms with van der Waals surface area (Å²) in [5.74, 6) is -0.779. The Labute approximate surface area is 236 Å². The van der Waals surface area contributed by atoms with Crippen molar-refractivity contribution >= 4 is 5.78 Å². The number of carbonyl (C=O) groups is 1. The van der Waals surface area contributed by atoms with E-state index in [1.165, 1.54) is 6.92 Å². The maximum Gasteiger partial charge on any atom is 0.186 e. The van der Waals surface area contributed by atoms with Crippen LogP contribution in [0, 0.1) is 0 Å². The molecule has 11 N–H and O–H groups in total. The van der Waals surface area contributed by atoms with Crippen LogP contribution in [0.4, 0.5) is 0 Å². The zero-order valence-electron chi connectivity index (χ0n) is 23.1. The minimum absolute atomic E-state index is 0.490.